The summed E-state index contributed by atoms with van der Waals surface area (Å²) in [6, 6.07) is 5.18. The van der Waals surface area contributed by atoms with Gasteiger partial charge in [-0.15, -0.1) is 0 Å². The SMILES string of the molecule is CCCCCCCCCCC/C(C)=N\NCc1ccc(N)cc1O. The van der Waals surface area contributed by atoms with Gasteiger partial charge in [-0.3, -0.25) is 0 Å². The molecule has 0 atom stereocenters. The molecule has 0 unspecified atom stereocenters. The van der Waals surface area contributed by atoms with Gasteiger partial charge in [0.15, 0.2) is 0 Å². The van der Waals surface area contributed by atoms with Crippen LogP contribution in [0.2, 0.25) is 0 Å². The smallest absolute Gasteiger partial charge is 0.122 e. The molecule has 0 aliphatic carbocycles. The van der Waals surface area contributed by atoms with E-state index < -0.39 is 0 Å². The van der Waals surface area contributed by atoms with Crippen LogP contribution in [0, 0.1) is 0 Å². The van der Waals surface area contributed by atoms with Crippen LogP contribution in [0.3, 0.4) is 0 Å². The van der Waals surface area contributed by atoms with Gasteiger partial charge in [0.1, 0.15) is 5.75 Å². The van der Waals surface area contributed by atoms with E-state index in [1.807, 2.05) is 6.07 Å². The number of nitrogens with one attached hydrogen (secondary N) is 1. The van der Waals surface area contributed by atoms with Crippen molar-refractivity contribution in [2.75, 3.05) is 5.73 Å². The predicted molar refractivity (Wildman–Crippen MR) is 104 cm³/mol. The quantitative estimate of drug-likeness (QED) is 0.197. The molecule has 0 spiro atoms. The molecule has 1 aromatic carbocycles. The first kappa shape index (κ1) is 20.3. The molecule has 0 amide bonds. The van der Waals surface area contributed by atoms with Crippen molar-refractivity contribution in [2.45, 2.75) is 84.6 Å². The summed E-state index contributed by atoms with van der Waals surface area (Å²) in [6.45, 7) is 4.83. The summed E-state index contributed by atoms with van der Waals surface area (Å²) < 4.78 is 0. The number of hydrogen-bond acceptors (Lipinski definition) is 4. The first-order valence-corrected chi connectivity index (χ1v) is 9.47. The summed E-state index contributed by atoms with van der Waals surface area (Å²) in [5, 5.41) is 14.2. The fraction of sp³-hybridized carbons (Fsp3) is 0.650. The van der Waals surface area contributed by atoms with E-state index in [9.17, 15) is 5.11 Å². The molecule has 4 N–H and O–H groups in total. The highest BCUT2D eigenvalue weighted by atomic mass is 16.3. The summed E-state index contributed by atoms with van der Waals surface area (Å²) in [5.41, 5.74) is 11.1. The van der Waals surface area contributed by atoms with E-state index in [4.69, 9.17) is 5.73 Å². The molecule has 1 aromatic rings. The lowest BCUT2D eigenvalue weighted by molar-refractivity contribution is 0.465. The third kappa shape index (κ3) is 9.43. The van der Waals surface area contributed by atoms with Crippen molar-refractivity contribution < 1.29 is 5.11 Å². The highest BCUT2D eigenvalue weighted by Gasteiger charge is 2.00. The molecule has 0 saturated heterocycles. The van der Waals surface area contributed by atoms with Crippen LogP contribution in [0.5, 0.6) is 5.75 Å². The van der Waals surface area contributed by atoms with E-state index in [1.54, 1.807) is 12.1 Å². The Morgan fingerprint density at radius 1 is 1.04 bits per heavy atom. The molecule has 0 aliphatic heterocycles. The summed E-state index contributed by atoms with van der Waals surface area (Å²) >= 11 is 0. The normalized spacial score (nSPS) is 11.7. The minimum absolute atomic E-state index is 0.217. The zero-order chi connectivity index (χ0) is 17.6. The van der Waals surface area contributed by atoms with Crippen LogP contribution < -0.4 is 11.2 Å². The van der Waals surface area contributed by atoms with Gasteiger partial charge < -0.3 is 16.3 Å². The Morgan fingerprint density at radius 2 is 1.67 bits per heavy atom. The number of rotatable bonds is 13. The maximum atomic E-state index is 9.78. The molecular weight excluding hydrogens is 298 g/mol. The van der Waals surface area contributed by atoms with Gasteiger partial charge >= 0.3 is 0 Å². The number of anilines is 1. The maximum absolute atomic E-state index is 9.78. The van der Waals surface area contributed by atoms with Crippen molar-refractivity contribution >= 4 is 11.4 Å². The van der Waals surface area contributed by atoms with Crippen LogP contribution in [-0.4, -0.2) is 10.8 Å². The second-order valence-electron chi connectivity index (χ2n) is 6.65. The Balaban J connectivity index is 2.06. The zero-order valence-corrected chi connectivity index (χ0v) is 15.5. The summed E-state index contributed by atoms with van der Waals surface area (Å²) in [6.07, 6.45) is 13.1. The van der Waals surface area contributed by atoms with Gasteiger partial charge in [-0.1, -0.05) is 64.4 Å². The standard InChI is InChI=1S/C20H35N3O/c1-3-4-5-6-7-8-9-10-11-12-17(2)23-22-16-18-13-14-19(21)15-20(18)24/h13-15,22,24H,3-12,16,21H2,1-2H3/b23-17-. The molecular formula is C20H35N3O. The van der Waals surface area contributed by atoms with Crippen molar-refractivity contribution in [2.24, 2.45) is 5.10 Å². The lowest BCUT2D eigenvalue weighted by Crippen LogP contribution is -2.09. The Labute approximate surface area is 147 Å². The largest absolute Gasteiger partial charge is 0.508 e. The third-order valence-electron chi connectivity index (χ3n) is 4.29. The number of benzene rings is 1. The number of nitrogens with two attached hydrogens (primary N) is 1. The molecule has 0 fully saturated rings. The topological polar surface area (TPSA) is 70.6 Å². The average Bonchev–Trinajstić information content (AvgIpc) is 2.55. The highest BCUT2D eigenvalue weighted by molar-refractivity contribution is 5.81. The third-order valence-corrected chi connectivity index (χ3v) is 4.29. The van der Waals surface area contributed by atoms with Crippen LogP contribution in [0.25, 0.3) is 0 Å². The summed E-state index contributed by atoms with van der Waals surface area (Å²) in [5.74, 6) is 0.217. The maximum Gasteiger partial charge on any atom is 0.122 e. The highest BCUT2D eigenvalue weighted by Crippen LogP contribution is 2.19. The minimum Gasteiger partial charge on any atom is -0.508 e. The number of phenolic OH excluding ortho intramolecular Hbond substituents is 1. The van der Waals surface area contributed by atoms with Crippen LogP contribution in [0.1, 0.15) is 83.6 Å². The average molecular weight is 334 g/mol. The van der Waals surface area contributed by atoms with Crippen molar-refractivity contribution in [3.05, 3.63) is 23.8 Å². The molecule has 0 bridgehead atoms. The molecule has 0 heterocycles. The lowest BCUT2D eigenvalue weighted by Gasteiger charge is -2.06. The molecule has 0 aromatic heterocycles. The Bertz CT molecular complexity index is 486. The Morgan fingerprint density at radius 3 is 2.29 bits per heavy atom. The van der Waals surface area contributed by atoms with Crippen molar-refractivity contribution in [1.29, 1.82) is 0 Å². The van der Waals surface area contributed by atoms with Gasteiger partial charge in [0.2, 0.25) is 0 Å². The molecule has 136 valence electrons. The van der Waals surface area contributed by atoms with E-state index >= 15 is 0 Å². The first-order valence-electron chi connectivity index (χ1n) is 9.47. The number of hydrogen-bond donors (Lipinski definition) is 3. The van der Waals surface area contributed by atoms with Crippen LogP contribution in [0.15, 0.2) is 23.3 Å². The van der Waals surface area contributed by atoms with Gasteiger partial charge in [-0.05, 0) is 25.8 Å². The molecule has 4 heteroatoms. The predicted octanol–water partition coefficient (Wildman–Crippen LogP) is 5.36. The van der Waals surface area contributed by atoms with E-state index in [0.717, 1.165) is 17.7 Å². The van der Waals surface area contributed by atoms with Gasteiger partial charge in [-0.25, -0.2) is 0 Å². The van der Waals surface area contributed by atoms with E-state index in [-0.39, 0.29) is 5.75 Å². The van der Waals surface area contributed by atoms with Gasteiger partial charge in [0, 0.05) is 23.0 Å². The van der Waals surface area contributed by atoms with Crippen LogP contribution in [0.4, 0.5) is 5.69 Å². The van der Waals surface area contributed by atoms with Crippen LogP contribution in [-0.2, 0) is 6.54 Å². The lowest BCUT2D eigenvalue weighted by atomic mass is 10.1. The van der Waals surface area contributed by atoms with Crippen molar-refractivity contribution in [1.82, 2.24) is 5.43 Å². The second kappa shape index (κ2) is 12.7. The van der Waals surface area contributed by atoms with E-state index in [0.29, 0.717) is 12.2 Å². The zero-order valence-electron chi connectivity index (χ0n) is 15.5. The van der Waals surface area contributed by atoms with Crippen molar-refractivity contribution in [3.63, 3.8) is 0 Å². The summed E-state index contributed by atoms with van der Waals surface area (Å²) in [7, 11) is 0. The molecule has 4 nitrogen and oxygen atoms in total. The number of hydrazone groups is 1. The van der Waals surface area contributed by atoms with E-state index in [2.05, 4.69) is 24.4 Å². The number of nitrogens with zero attached hydrogens (tertiary/aromatic N) is 1. The van der Waals surface area contributed by atoms with E-state index in [1.165, 1.54) is 57.8 Å². The monoisotopic (exact) mass is 333 g/mol. The fourth-order valence-electron chi connectivity index (χ4n) is 2.74. The van der Waals surface area contributed by atoms with Gasteiger partial charge in [-0.2, -0.15) is 5.10 Å². The van der Waals surface area contributed by atoms with Gasteiger partial charge in [0.25, 0.3) is 0 Å². The number of nitrogen functional groups attached to an aromatic ring is 1. The van der Waals surface area contributed by atoms with Gasteiger partial charge in [0.05, 0.1) is 6.54 Å². The summed E-state index contributed by atoms with van der Waals surface area (Å²) in [4.78, 5) is 0. The molecule has 0 radical (unpaired) electrons. The second-order valence-corrected chi connectivity index (χ2v) is 6.65. The fourth-order valence-corrected chi connectivity index (χ4v) is 2.74. The van der Waals surface area contributed by atoms with Crippen LogP contribution >= 0.6 is 0 Å². The number of aromatic hydroxyl groups is 1. The Kier molecular flexibility index (Phi) is 10.7. The minimum atomic E-state index is 0.217. The number of phenols is 1. The number of unbranched alkanes of at least 4 members (excludes halogenated alkanes) is 8. The molecule has 1 rings (SSSR count). The van der Waals surface area contributed by atoms with Crippen molar-refractivity contribution in [3.8, 4) is 5.75 Å². The molecule has 0 aliphatic rings. The Hall–Kier alpha value is -1.71. The molecule has 0 saturated carbocycles. The molecule has 24 heavy (non-hydrogen) atoms. The first-order chi connectivity index (χ1) is 11.6.